The lowest BCUT2D eigenvalue weighted by Crippen LogP contribution is -2.63. The van der Waals surface area contributed by atoms with Crippen molar-refractivity contribution in [3.8, 4) is 5.75 Å². The number of fused-ring (bicyclic) bond motifs is 2. The Bertz CT molecular complexity index is 851. The van der Waals surface area contributed by atoms with Gasteiger partial charge in [0.25, 0.3) is 0 Å². The lowest BCUT2D eigenvalue weighted by Gasteiger charge is -2.46. The molecule has 0 aromatic heterocycles. The first-order chi connectivity index (χ1) is 14.0. The molecule has 1 fully saturated rings. The summed E-state index contributed by atoms with van der Waals surface area (Å²) in [5.41, 5.74) is 3.52. The first-order valence-electron chi connectivity index (χ1n) is 9.79. The van der Waals surface area contributed by atoms with Crippen LogP contribution in [-0.4, -0.2) is 58.1 Å². The molecule has 7 heteroatoms. The average molecular weight is 402 g/mol. The Morgan fingerprint density at radius 3 is 2.45 bits per heavy atom. The predicted octanol–water partition coefficient (Wildman–Crippen LogP) is 0.833. The number of hydrogen-bond acceptors (Lipinski definition) is 7. The van der Waals surface area contributed by atoms with Gasteiger partial charge in [0.2, 0.25) is 5.79 Å². The van der Waals surface area contributed by atoms with Crippen LogP contribution in [0.2, 0.25) is 0 Å². The van der Waals surface area contributed by atoms with E-state index < -0.39 is 36.8 Å². The first kappa shape index (κ1) is 20.3. The Morgan fingerprint density at radius 2 is 1.76 bits per heavy atom. The topological polar surface area (TPSA) is 109 Å². The molecular formula is C22H26O7. The van der Waals surface area contributed by atoms with E-state index in [4.69, 9.17) is 14.2 Å². The van der Waals surface area contributed by atoms with E-state index in [-0.39, 0.29) is 6.61 Å². The second kappa shape index (κ2) is 8.02. The second-order valence-corrected chi connectivity index (χ2v) is 7.47. The van der Waals surface area contributed by atoms with E-state index in [2.05, 4.69) is 0 Å². The van der Waals surface area contributed by atoms with Crippen LogP contribution in [-0.2, 0) is 28.3 Å². The fraction of sp³-hybridized carbons (Fsp3) is 0.455. The molecule has 0 saturated carbocycles. The van der Waals surface area contributed by atoms with Gasteiger partial charge in [-0.1, -0.05) is 24.3 Å². The zero-order chi connectivity index (χ0) is 20.6. The predicted molar refractivity (Wildman–Crippen MR) is 103 cm³/mol. The number of rotatable bonds is 5. The van der Waals surface area contributed by atoms with Crippen molar-refractivity contribution >= 4 is 0 Å². The summed E-state index contributed by atoms with van der Waals surface area (Å²) in [6.07, 6.45) is -4.79. The molecule has 156 valence electrons. The Kier molecular flexibility index (Phi) is 5.61. The molecule has 0 aliphatic carbocycles. The fourth-order valence-corrected chi connectivity index (χ4v) is 4.04. The van der Waals surface area contributed by atoms with Crippen molar-refractivity contribution in [2.24, 2.45) is 0 Å². The van der Waals surface area contributed by atoms with Crippen LogP contribution < -0.4 is 4.74 Å². The quantitative estimate of drug-likeness (QED) is 0.587. The number of benzene rings is 2. The van der Waals surface area contributed by atoms with Gasteiger partial charge in [0.1, 0.15) is 30.2 Å². The molecule has 5 atom stereocenters. The van der Waals surface area contributed by atoms with Gasteiger partial charge in [-0.05, 0) is 48.2 Å². The standard InChI is InChI=1S/C22H26O7/c1-2-27-16-7-4-13(5-8-16)9-14-3-6-15-12-28-22(17(15)10-14)21(26)20(25)19(24)18(11-23)29-22/h3-8,10,18-21,23-26H,2,9,11-12H2,1H3/t18-,19-,20+,21-,22?/m1/s1. The van der Waals surface area contributed by atoms with Crippen LogP contribution in [0.25, 0.3) is 0 Å². The third kappa shape index (κ3) is 3.54. The molecular weight excluding hydrogens is 376 g/mol. The highest BCUT2D eigenvalue weighted by molar-refractivity contribution is 5.41. The lowest BCUT2D eigenvalue weighted by molar-refractivity contribution is -0.368. The van der Waals surface area contributed by atoms with Crippen LogP contribution in [0.15, 0.2) is 42.5 Å². The minimum absolute atomic E-state index is 0.205. The van der Waals surface area contributed by atoms with Gasteiger partial charge in [-0.15, -0.1) is 0 Å². The average Bonchev–Trinajstić information content (AvgIpc) is 3.09. The summed E-state index contributed by atoms with van der Waals surface area (Å²) >= 11 is 0. The third-order valence-electron chi connectivity index (χ3n) is 5.58. The Morgan fingerprint density at radius 1 is 1.03 bits per heavy atom. The molecule has 1 saturated heterocycles. The van der Waals surface area contributed by atoms with Crippen LogP contribution in [0.3, 0.4) is 0 Å². The van der Waals surface area contributed by atoms with Gasteiger partial charge in [0, 0.05) is 5.56 Å². The molecule has 0 bridgehead atoms. The molecule has 4 N–H and O–H groups in total. The summed E-state index contributed by atoms with van der Waals surface area (Å²) in [6.45, 7) is 2.26. The smallest absolute Gasteiger partial charge is 0.225 e. The van der Waals surface area contributed by atoms with E-state index in [1.54, 1.807) is 0 Å². The lowest BCUT2D eigenvalue weighted by atomic mass is 9.86. The maximum atomic E-state index is 10.7. The SMILES string of the molecule is CCOc1ccc(Cc2ccc3c(c2)C2(OC3)O[C@H](CO)[C@@H](O)[C@H](O)[C@H]2O)cc1. The molecule has 1 spiro atoms. The van der Waals surface area contributed by atoms with E-state index in [9.17, 15) is 20.4 Å². The van der Waals surface area contributed by atoms with Crippen molar-refractivity contribution in [2.75, 3.05) is 13.2 Å². The first-order valence-corrected chi connectivity index (χ1v) is 9.79. The molecule has 4 rings (SSSR count). The largest absolute Gasteiger partial charge is 0.494 e. The minimum atomic E-state index is -1.61. The Balaban J connectivity index is 1.62. The van der Waals surface area contributed by atoms with Gasteiger partial charge < -0.3 is 34.6 Å². The van der Waals surface area contributed by atoms with Gasteiger partial charge in [-0.3, -0.25) is 0 Å². The highest BCUT2D eigenvalue weighted by Crippen LogP contribution is 2.46. The van der Waals surface area contributed by atoms with Crippen molar-refractivity contribution in [1.29, 1.82) is 0 Å². The maximum absolute atomic E-state index is 10.7. The second-order valence-electron chi connectivity index (χ2n) is 7.47. The normalized spacial score (nSPS) is 31.1. The molecule has 2 aromatic rings. The molecule has 7 nitrogen and oxygen atoms in total. The van der Waals surface area contributed by atoms with Crippen LogP contribution in [0.4, 0.5) is 0 Å². The molecule has 2 heterocycles. The Labute approximate surface area is 169 Å². The molecule has 2 aromatic carbocycles. The van der Waals surface area contributed by atoms with Gasteiger partial charge >= 0.3 is 0 Å². The van der Waals surface area contributed by atoms with Crippen molar-refractivity contribution < 1.29 is 34.6 Å². The molecule has 2 aliphatic rings. The molecule has 29 heavy (non-hydrogen) atoms. The van der Waals surface area contributed by atoms with Gasteiger partial charge in [-0.2, -0.15) is 0 Å². The van der Waals surface area contributed by atoms with Crippen LogP contribution in [0.1, 0.15) is 29.2 Å². The van der Waals surface area contributed by atoms with Crippen molar-refractivity contribution in [2.45, 2.75) is 50.2 Å². The fourth-order valence-electron chi connectivity index (χ4n) is 4.04. The number of aliphatic hydroxyl groups excluding tert-OH is 4. The van der Waals surface area contributed by atoms with Gasteiger partial charge in [0.05, 0.1) is 19.8 Å². The zero-order valence-electron chi connectivity index (χ0n) is 16.2. The van der Waals surface area contributed by atoms with Crippen molar-refractivity contribution in [1.82, 2.24) is 0 Å². The molecule has 1 unspecified atom stereocenters. The van der Waals surface area contributed by atoms with E-state index in [0.717, 1.165) is 22.4 Å². The van der Waals surface area contributed by atoms with E-state index >= 15 is 0 Å². The maximum Gasteiger partial charge on any atom is 0.225 e. The monoisotopic (exact) mass is 402 g/mol. The summed E-state index contributed by atoms with van der Waals surface area (Å²) in [5, 5.41) is 40.5. The summed E-state index contributed by atoms with van der Waals surface area (Å²) in [5.74, 6) is -0.796. The molecule has 2 aliphatic heterocycles. The number of hydrogen-bond donors (Lipinski definition) is 4. The highest BCUT2D eigenvalue weighted by atomic mass is 16.7. The van der Waals surface area contributed by atoms with Crippen LogP contribution in [0.5, 0.6) is 5.75 Å². The van der Waals surface area contributed by atoms with Crippen LogP contribution >= 0.6 is 0 Å². The zero-order valence-corrected chi connectivity index (χ0v) is 16.2. The highest BCUT2D eigenvalue weighted by Gasteiger charge is 2.58. The summed E-state index contributed by atoms with van der Waals surface area (Å²) < 4.78 is 17.1. The van der Waals surface area contributed by atoms with Crippen LogP contribution in [0, 0.1) is 0 Å². The number of aliphatic hydroxyl groups is 4. The number of ether oxygens (including phenoxy) is 3. The van der Waals surface area contributed by atoms with Crippen molar-refractivity contribution in [3.05, 3.63) is 64.7 Å². The van der Waals surface area contributed by atoms with Gasteiger partial charge in [0.15, 0.2) is 0 Å². The van der Waals surface area contributed by atoms with E-state index in [1.165, 1.54) is 0 Å². The third-order valence-corrected chi connectivity index (χ3v) is 5.58. The van der Waals surface area contributed by atoms with E-state index in [0.29, 0.717) is 18.6 Å². The summed E-state index contributed by atoms with van der Waals surface area (Å²) in [6, 6.07) is 13.6. The summed E-state index contributed by atoms with van der Waals surface area (Å²) in [7, 11) is 0. The van der Waals surface area contributed by atoms with Crippen molar-refractivity contribution in [3.63, 3.8) is 0 Å². The van der Waals surface area contributed by atoms with Gasteiger partial charge in [-0.25, -0.2) is 0 Å². The van der Waals surface area contributed by atoms with E-state index in [1.807, 2.05) is 49.4 Å². The Hall–Kier alpha value is -2.00. The molecule has 0 radical (unpaired) electrons. The molecule has 0 amide bonds. The minimum Gasteiger partial charge on any atom is -0.494 e. The summed E-state index contributed by atoms with van der Waals surface area (Å²) in [4.78, 5) is 0.